The fourth-order valence-electron chi connectivity index (χ4n) is 2.07. The van der Waals surface area contributed by atoms with E-state index in [-0.39, 0.29) is 5.92 Å². The fourth-order valence-corrected chi connectivity index (χ4v) is 2.07. The zero-order valence-electron chi connectivity index (χ0n) is 12.3. The summed E-state index contributed by atoms with van der Waals surface area (Å²) in [5.74, 6) is -0.745. The smallest absolute Gasteiger partial charge is 0.390 e. The van der Waals surface area contributed by atoms with Crippen LogP contribution < -0.4 is 5.32 Å². The van der Waals surface area contributed by atoms with Gasteiger partial charge in [-0.3, -0.25) is 10.1 Å². The average Bonchev–Trinajstić information content (AvgIpc) is 2.42. The van der Waals surface area contributed by atoms with Crippen molar-refractivity contribution >= 4 is 5.97 Å². The minimum atomic E-state index is -4.33. The Kier molecular flexibility index (Phi) is 6.20. The van der Waals surface area contributed by atoms with E-state index in [0.29, 0.717) is 5.56 Å². The molecule has 2 atom stereocenters. The molecule has 0 heterocycles. The van der Waals surface area contributed by atoms with Crippen LogP contribution in [0.5, 0.6) is 0 Å². The normalized spacial score (nSPS) is 14.8. The van der Waals surface area contributed by atoms with E-state index >= 15 is 0 Å². The lowest BCUT2D eigenvalue weighted by molar-refractivity contribution is -0.149. The van der Waals surface area contributed by atoms with Gasteiger partial charge in [0.25, 0.3) is 0 Å². The van der Waals surface area contributed by atoms with E-state index in [0.717, 1.165) is 0 Å². The standard InChI is InChI=1S/C15H20F3NO2/c1-10(2)13(14(20)21-3)19-12(9-15(16,17)18)11-7-5-4-6-8-11/h4-8,10,12-13,19H,9H2,1-3H3. The topological polar surface area (TPSA) is 38.3 Å². The number of rotatable bonds is 6. The van der Waals surface area contributed by atoms with Crippen molar-refractivity contribution in [1.82, 2.24) is 5.32 Å². The number of methoxy groups -OCH3 is 1. The second-order valence-corrected chi connectivity index (χ2v) is 5.19. The van der Waals surface area contributed by atoms with Gasteiger partial charge in [0.2, 0.25) is 0 Å². The van der Waals surface area contributed by atoms with Gasteiger partial charge in [0.1, 0.15) is 6.04 Å². The minimum absolute atomic E-state index is 0.183. The van der Waals surface area contributed by atoms with Gasteiger partial charge in [0.15, 0.2) is 0 Å². The third kappa shape index (κ3) is 5.75. The maximum Gasteiger partial charge on any atom is 0.390 e. The number of hydrogen-bond acceptors (Lipinski definition) is 3. The molecule has 1 rings (SSSR count). The molecule has 0 amide bonds. The Morgan fingerprint density at radius 2 is 1.81 bits per heavy atom. The lowest BCUT2D eigenvalue weighted by Gasteiger charge is -2.27. The van der Waals surface area contributed by atoms with Crippen molar-refractivity contribution in [2.45, 2.75) is 38.5 Å². The first kappa shape index (κ1) is 17.5. The molecule has 0 saturated heterocycles. The number of carbonyl (C=O) groups is 1. The molecule has 0 saturated carbocycles. The first-order chi connectivity index (χ1) is 9.74. The molecular formula is C15H20F3NO2. The number of halogens is 3. The molecule has 21 heavy (non-hydrogen) atoms. The molecule has 0 fully saturated rings. The van der Waals surface area contributed by atoms with Gasteiger partial charge >= 0.3 is 12.1 Å². The van der Waals surface area contributed by atoms with Gasteiger partial charge < -0.3 is 4.74 Å². The lowest BCUT2D eigenvalue weighted by atomic mass is 9.98. The van der Waals surface area contributed by atoms with Crippen LogP contribution in [0, 0.1) is 5.92 Å². The molecule has 6 heteroatoms. The molecule has 3 nitrogen and oxygen atoms in total. The fraction of sp³-hybridized carbons (Fsp3) is 0.533. The second kappa shape index (κ2) is 7.45. The zero-order chi connectivity index (χ0) is 16.0. The van der Waals surface area contributed by atoms with Gasteiger partial charge in [-0.15, -0.1) is 0 Å². The van der Waals surface area contributed by atoms with Gasteiger partial charge in [-0.05, 0) is 11.5 Å². The molecule has 1 N–H and O–H groups in total. The molecule has 0 bridgehead atoms. The Balaban J connectivity index is 2.98. The molecule has 0 radical (unpaired) electrons. The van der Waals surface area contributed by atoms with Crippen molar-refractivity contribution in [3.05, 3.63) is 35.9 Å². The molecule has 0 aliphatic carbocycles. The number of benzene rings is 1. The molecular weight excluding hydrogens is 283 g/mol. The van der Waals surface area contributed by atoms with Crippen molar-refractivity contribution in [3.8, 4) is 0 Å². The third-order valence-corrected chi connectivity index (χ3v) is 3.14. The number of ether oxygens (including phenoxy) is 1. The molecule has 0 aromatic heterocycles. The van der Waals surface area contributed by atoms with Crippen LogP contribution in [0.3, 0.4) is 0 Å². The molecule has 0 aliphatic heterocycles. The largest absolute Gasteiger partial charge is 0.468 e. The number of nitrogens with one attached hydrogen (secondary N) is 1. The van der Waals surface area contributed by atoms with Crippen molar-refractivity contribution in [2.75, 3.05) is 7.11 Å². The summed E-state index contributed by atoms with van der Waals surface area (Å²) in [7, 11) is 1.22. The highest BCUT2D eigenvalue weighted by Gasteiger charge is 2.35. The van der Waals surface area contributed by atoms with Crippen molar-refractivity contribution in [3.63, 3.8) is 0 Å². The van der Waals surface area contributed by atoms with Crippen LogP contribution in [0.25, 0.3) is 0 Å². The Morgan fingerprint density at radius 3 is 2.24 bits per heavy atom. The zero-order valence-corrected chi connectivity index (χ0v) is 12.3. The van der Waals surface area contributed by atoms with Crippen LogP contribution >= 0.6 is 0 Å². The van der Waals surface area contributed by atoms with Gasteiger partial charge in [-0.1, -0.05) is 44.2 Å². The summed E-state index contributed by atoms with van der Waals surface area (Å²) in [6, 6.07) is 6.51. The van der Waals surface area contributed by atoms with Crippen molar-refractivity contribution < 1.29 is 22.7 Å². The first-order valence-corrected chi connectivity index (χ1v) is 6.70. The van der Waals surface area contributed by atoms with E-state index in [2.05, 4.69) is 10.1 Å². The summed E-state index contributed by atoms with van der Waals surface area (Å²) < 4.78 is 43.0. The number of alkyl halides is 3. The summed E-state index contributed by atoms with van der Waals surface area (Å²) in [5, 5.41) is 2.78. The van der Waals surface area contributed by atoms with Crippen LogP contribution in [0.1, 0.15) is 31.9 Å². The molecule has 0 spiro atoms. The first-order valence-electron chi connectivity index (χ1n) is 6.70. The van der Waals surface area contributed by atoms with Crippen LogP contribution in [0.15, 0.2) is 30.3 Å². The number of hydrogen-bond donors (Lipinski definition) is 1. The Morgan fingerprint density at radius 1 is 1.24 bits per heavy atom. The highest BCUT2D eigenvalue weighted by atomic mass is 19.4. The molecule has 1 aromatic rings. The highest BCUT2D eigenvalue weighted by molar-refractivity contribution is 5.76. The quantitative estimate of drug-likeness (QED) is 0.818. The summed E-state index contributed by atoms with van der Waals surface area (Å²) in [6.45, 7) is 3.51. The summed E-state index contributed by atoms with van der Waals surface area (Å²) >= 11 is 0. The Labute approximate surface area is 122 Å². The minimum Gasteiger partial charge on any atom is -0.468 e. The molecule has 118 valence electrons. The summed E-state index contributed by atoms with van der Waals surface area (Å²) in [4.78, 5) is 11.7. The van der Waals surface area contributed by atoms with Gasteiger partial charge in [-0.25, -0.2) is 0 Å². The van der Waals surface area contributed by atoms with E-state index in [1.54, 1.807) is 44.2 Å². The summed E-state index contributed by atoms with van der Waals surface area (Å²) in [6.07, 6.45) is -5.37. The highest BCUT2D eigenvalue weighted by Crippen LogP contribution is 2.30. The van der Waals surface area contributed by atoms with Gasteiger partial charge in [0, 0.05) is 6.04 Å². The Hall–Kier alpha value is -1.56. The third-order valence-electron chi connectivity index (χ3n) is 3.14. The van der Waals surface area contributed by atoms with E-state index in [1.165, 1.54) is 7.11 Å². The lowest BCUT2D eigenvalue weighted by Crippen LogP contribution is -2.44. The Bertz CT molecular complexity index is 446. The SMILES string of the molecule is COC(=O)C(NC(CC(F)(F)F)c1ccccc1)C(C)C. The second-order valence-electron chi connectivity index (χ2n) is 5.19. The van der Waals surface area contributed by atoms with Crippen LogP contribution in [-0.2, 0) is 9.53 Å². The molecule has 1 aromatic carbocycles. The van der Waals surface area contributed by atoms with Crippen LogP contribution in [0.4, 0.5) is 13.2 Å². The van der Waals surface area contributed by atoms with Gasteiger partial charge in [0.05, 0.1) is 13.5 Å². The van der Waals surface area contributed by atoms with Gasteiger partial charge in [-0.2, -0.15) is 13.2 Å². The maximum atomic E-state index is 12.8. The maximum absolute atomic E-state index is 12.8. The van der Waals surface area contributed by atoms with Crippen LogP contribution in [0.2, 0.25) is 0 Å². The number of carbonyl (C=O) groups excluding carboxylic acids is 1. The molecule has 0 aliphatic rings. The van der Waals surface area contributed by atoms with E-state index < -0.39 is 30.7 Å². The van der Waals surface area contributed by atoms with E-state index in [9.17, 15) is 18.0 Å². The van der Waals surface area contributed by atoms with Crippen LogP contribution in [-0.4, -0.2) is 25.3 Å². The molecule has 2 unspecified atom stereocenters. The summed E-state index contributed by atoms with van der Waals surface area (Å²) in [5.41, 5.74) is 0.490. The predicted octanol–water partition coefficient (Wildman–Crippen LogP) is 3.47. The predicted molar refractivity (Wildman–Crippen MR) is 73.6 cm³/mol. The average molecular weight is 303 g/mol. The van der Waals surface area contributed by atoms with Crippen molar-refractivity contribution in [1.29, 1.82) is 0 Å². The van der Waals surface area contributed by atoms with Crippen molar-refractivity contribution in [2.24, 2.45) is 5.92 Å². The number of esters is 1. The van der Waals surface area contributed by atoms with E-state index in [4.69, 9.17) is 0 Å². The van der Waals surface area contributed by atoms with E-state index in [1.807, 2.05) is 0 Å². The monoisotopic (exact) mass is 303 g/mol.